The van der Waals surface area contributed by atoms with Gasteiger partial charge >= 0.3 is 0 Å². The third kappa shape index (κ3) is 3.80. The Bertz CT molecular complexity index is 757. The lowest BCUT2D eigenvalue weighted by Gasteiger charge is -2.43. The van der Waals surface area contributed by atoms with Gasteiger partial charge in [0.1, 0.15) is 0 Å². The molecule has 1 heterocycles. The number of morpholine rings is 1. The van der Waals surface area contributed by atoms with Crippen LogP contribution in [0.3, 0.4) is 0 Å². The number of nitrogens with zero attached hydrogens (tertiary/aromatic N) is 1. The molecule has 1 unspecified atom stereocenters. The molecule has 1 saturated heterocycles. The summed E-state index contributed by atoms with van der Waals surface area (Å²) in [7, 11) is 0. The number of hydrogen-bond donors (Lipinski definition) is 2. The van der Waals surface area contributed by atoms with Crippen LogP contribution in [0.15, 0.2) is 36.4 Å². The molecule has 4 nitrogen and oxygen atoms in total. The zero-order valence-electron chi connectivity index (χ0n) is 16.5. The number of hydrogen-bond acceptors (Lipinski definition) is 4. The monoisotopic (exact) mass is 353 g/mol. The van der Waals surface area contributed by atoms with Gasteiger partial charge in [-0.05, 0) is 75.6 Å². The van der Waals surface area contributed by atoms with Crippen LogP contribution in [0.5, 0.6) is 0 Å². The van der Waals surface area contributed by atoms with E-state index >= 15 is 0 Å². The molecule has 0 saturated carbocycles. The molecule has 0 aromatic heterocycles. The average molecular weight is 354 g/mol. The summed E-state index contributed by atoms with van der Waals surface area (Å²) in [5, 5.41) is 3.56. The number of nitrogens with two attached hydrogens (primary N) is 1. The van der Waals surface area contributed by atoms with Gasteiger partial charge in [-0.1, -0.05) is 12.1 Å². The first-order chi connectivity index (χ1) is 12.4. The Hall–Kier alpha value is -2.20. The summed E-state index contributed by atoms with van der Waals surface area (Å²) in [5.74, 6) is 0. The van der Waals surface area contributed by atoms with Crippen LogP contribution in [-0.4, -0.2) is 24.8 Å². The predicted octanol–water partition coefficient (Wildman–Crippen LogP) is 4.50. The number of nitrogen functional groups attached to an aromatic ring is 1. The molecule has 0 bridgehead atoms. The summed E-state index contributed by atoms with van der Waals surface area (Å²) < 4.78 is 5.98. The van der Waals surface area contributed by atoms with Crippen molar-refractivity contribution >= 4 is 17.1 Å². The second-order valence-corrected chi connectivity index (χ2v) is 7.52. The maximum atomic E-state index is 5.98. The molecular weight excluding hydrogens is 322 g/mol. The van der Waals surface area contributed by atoms with Crippen LogP contribution in [0.4, 0.5) is 17.1 Å². The minimum absolute atomic E-state index is 0.238. The number of ether oxygens (including phenoxy) is 1. The van der Waals surface area contributed by atoms with Crippen LogP contribution in [0.1, 0.15) is 37.5 Å². The van der Waals surface area contributed by atoms with Gasteiger partial charge in [0, 0.05) is 30.2 Å². The quantitative estimate of drug-likeness (QED) is 0.795. The molecule has 1 aliphatic heterocycles. The molecule has 3 rings (SSSR count). The van der Waals surface area contributed by atoms with E-state index in [0.29, 0.717) is 6.04 Å². The predicted molar refractivity (Wildman–Crippen MR) is 111 cm³/mol. The molecule has 140 valence electrons. The van der Waals surface area contributed by atoms with Crippen LogP contribution < -0.4 is 16.0 Å². The summed E-state index contributed by atoms with van der Waals surface area (Å²) in [4.78, 5) is 2.49. The summed E-state index contributed by atoms with van der Waals surface area (Å²) in [6.45, 7) is 12.7. The first kappa shape index (κ1) is 18.6. The van der Waals surface area contributed by atoms with Gasteiger partial charge in [0.05, 0.1) is 18.2 Å². The molecule has 0 amide bonds. The molecule has 4 heteroatoms. The highest BCUT2D eigenvalue weighted by molar-refractivity contribution is 5.66. The minimum Gasteiger partial charge on any atom is -0.399 e. The molecule has 1 fully saturated rings. The fourth-order valence-electron chi connectivity index (χ4n) is 3.68. The number of anilines is 3. The van der Waals surface area contributed by atoms with Crippen molar-refractivity contribution in [3.05, 3.63) is 53.1 Å². The molecule has 0 radical (unpaired) electrons. The first-order valence-electron chi connectivity index (χ1n) is 9.47. The number of benzene rings is 2. The van der Waals surface area contributed by atoms with E-state index in [9.17, 15) is 0 Å². The summed E-state index contributed by atoms with van der Waals surface area (Å²) in [5.41, 5.74) is 12.9. The molecule has 0 spiro atoms. The fourth-order valence-corrected chi connectivity index (χ4v) is 3.68. The molecule has 26 heavy (non-hydrogen) atoms. The SMILES string of the molecule is Cc1c(NCc2ccc(N)cc2)ccc(N2C[C@H](C)O[C@H](C)C2C)c1C. The normalized spacial score (nSPS) is 23.1. The van der Waals surface area contributed by atoms with Crippen molar-refractivity contribution in [1.29, 1.82) is 0 Å². The third-order valence-electron chi connectivity index (χ3n) is 5.60. The highest BCUT2D eigenvalue weighted by atomic mass is 16.5. The van der Waals surface area contributed by atoms with Crippen LogP contribution in [0.25, 0.3) is 0 Å². The van der Waals surface area contributed by atoms with E-state index < -0.39 is 0 Å². The van der Waals surface area contributed by atoms with E-state index in [1.807, 2.05) is 12.1 Å². The van der Waals surface area contributed by atoms with E-state index in [4.69, 9.17) is 10.5 Å². The van der Waals surface area contributed by atoms with Gasteiger partial charge in [-0.2, -0.15) is 0 Å². The highest BCUT2D eigenvalue weighted by Crippen LogP contribution is 2.33. The first-order valence-corrected chi connectivity index (χ1v) is 9.47. The zero-order chi connectivity index (χ0) is 18.8. The Morgan fingerprint density at radius 1 is 1.04 bits per heavy atom. The van der Waals surface area contributed by atoms with E-state index in [2.05, 4.69) is 69.1 Å². The lowest BCUT2D eigenvalue weighted by molar-refractivity contribution is -0.0258. The van der Waals surface area contributed by atoms with Gasteiger partial charge < -0.3 is 20.7 Å². The van der Waals surface area contributed by atoms with Crippen molar-refractivity contribution in [2.24, 2.45) is 0 Å². The van der Waals surface area contributed by atoms with E-state index in [1.165, 1.54) is 28.1 Å². The zero-order valence-corrected chi connectivity index (χ0v) is 16.5. The molecule has 3 N–H and O–H groups in total. The fraction of sp³-hybridized carbons (Fsp3) is 0.455. The van der Waals surface area contributed by atoms with Crippen LogP contribution in [0, 0.1) is 13.8 Å². The average Bonchev–Trinajstić information content (AvgIpc) is 2.61. The Balaban J connectivity index is 1.78. The van der Waals surface area contributed by atoms with Crippen molar-refractivity contribution in [3.8, 4) is 0 Å². The van der Waals surface area contributed by atoms with Crippen molar-refractivity contribution in [2.45, 2.75) is 59.4 Å². The Labute approximate surface area is 157 Å². The maximum absolute atomic E-state index is 5.98. The van der Waals surface area contributed by atoms with E-state index in [-0.39, 0.29) is 12.2 Å². The Morgan fingerprint density at radius 3 is 2.42 bits per heavy atom. The topological polar surface area (TPSA) is 50.5 Å². The molecule has 2 aromatic carbocycles. The van der Waals surface area contributed by atoms with E-state index in [0.717, 1.165) is 18.8 Å². The minimum atomic E-state index is 0.238. The molecular formula is C22H31N3O. The molecule has 2 aromatic rings. The lowest BCUT2D eigenvalue weighted by Crippen LogP contribution is -2.52. The standard InChI is InChI=1S/C22H31N3O/c1-14-13-25(17(4)18(5)26-14)22-11-10-21(15(2)16(22)3)24-12-19-6-8-20(23)9-7-19/h6-11,14,17-18,24H,12-13,23H2,1-5H3/t14-,17?,18+/m0/s1. The molecule has 3 atom stereocenters. The Morgan fingerprint density at radius 2 is 1.73 bits per heavy atom. The molecule has 0 aliphatic carbocycles. The van der Waals surface area contributed by atoms with Crippen LogP contribution >= 0.6 is 0 Å². The number of rotatable bonds is 4. The van der Waals surface area contributed by atoms with Crippen LogP contribution in [0.2, 0.25) is 0 Å². The van der Waals surface area contributed by atoms with Gasteiger partial charge in [0.15, 0.2) is 0 Å². The van der Waals surface area contributed by atoms with Crippen molar-refractivity contribution in [1.82, 2.24) is 0 Å². The van der Waals surface area contributed by atoms with Gasteiger partial charge in [-0.25, -0.2) is 0 Å². The van der Waals surface area contributed by atoms with Gasteiger partial charge in [0.2, 0.25) is 0 Å². The maximum Gasteiger partial charge on any atom is 0.0751 e. The smallest absolute Gasteiger partial charge is 0.0751 e. The molecule has 1 aliphatic rings. The van der Waals surface area contributed by atoms with Crippen molar-refractivity contribution in [3.63, 3.8) is 0 Å². The lowest BCUT2D eigenvalue weighted by atomic mass is 10.0. The number of nitrogens with one attached hydrogen (secondary N) is 1. The van der Waals surface area contributed by atoms with Crippen LogP contribution in [-0.2, 0) is 11.3 Å². The Kier molecular flexibility index (Phi) is 5.42. The summed E-state index contributed by atoms with van der Waals surface area (Å²) >= 11 is 0. The van der Waals surface area contributed by atoms with Crippen molar-refractivity contribution in [2.75, 3.05) is 22.5 Å². The van der Waals surface area contributed by atoms with Gasteiger partial charge in [-0.3, -0.25) is 0 Å². The van der Waals surface area contributed by atoms with Gasteiger partial charge in [-0.15, -0.1) is 0 Å². The highest BCUT2D eigenvalue weighted by Gasteiger charge is 2.30. The second-order valence-electron chi connectivity index (χ2n) is 7.52. The third-order valence-corrected chi connectivity index (χ3v) is 5.60. The summed E-state index contributed by atoms with van der Waals surface area (Å²) in [6.07, 6.45) is 0.492. The second kappa shape index (κ2) is 7.58. The van der Waals surface area contributed by atoms with E-state index in [1.54, 1.807) is 0 Å². The van der Waals surface area contributed by atoms with Crippen molar-refractivity contribution < 1.29 is 4.74 Å². The largest absolute Gasteiger partial charge is 0.399 e. The summed E-state index contributed by atoms with van der Waals surface area (Å²) in [6, 6.07) is 12.8. The van der Waals surface area contributed by atoms with Gasteiger partial charge in [0.25, 0.3) is 0 Å².